The summed E-state index contributed by atoms with van der Waals surface area (Å²) in [5, 5.41) is 8.07. The van der Waals surface area contributed by atoms with E-state index in [-0.39, 0.29) is 5.91 Å². The molecule has 0 bridgehead atoms. The molecule has 2 heteroatoms. The molecule has 0 spiro atoms. The molecule has 0 aliphatic carbocycles. The lowest BCUT2D eigenvalue weighted by atomic mass is 9.77. The van der Waals surface area contributed by atoms with E-state index < -0.39 is 5.54 Å². The Hall–Kier alpha value is -3.39. The van der Waals surface area contributed by atoms with Crippen molar-refractivity contribution < 1.29 is 4.79 Å². The quantitative estimate of drug-likeness (QED) is 0.443. The molecule has 142 valence electrons. The molecule has 4 aromatic rings. The van der Waals surface area contributed by atoms with Crippen LogP contribution in [0, 0.1) is 0 Å². The van der Waals surface area contributed by atoms with Crippen molar-refractivity contribution in [1.82, 2.24) is 5.32 Å². The first-order chi connectivity index (χ1) is 14.0. The van der Waals surface area contributed by atoms with Gasteiger partial charge in [0.15, 0.2) is 0 Å². The predicted octanol–water partition coefficient (Wildman–Crippen LogP) is 6.20. The van der Waals surface area contributed by atoms with Crippen LogP contribution in [0.5, 0.6) is 0 Å². The Morgan fingerprint density at radius 2 is 1.48 bits per heavy atom. The molecule has 1 aliphatic heterocycles. The van der Waals surface area contributed by atoms with E-state index in [1.165, 1.54) is 21.5 Å². The van der Waals surface area contributed by atoms with E-state index in [1.54, 1.807) is 0 Å². The van der Waals surface area contributed by atoms with Crippen LogP contribution in [-0.4, -0.2) is 5.91 Å². The molecule has 1 aliphatic rings. The Kier molecular flexibility index (Phi) is 4.02. The summed E-state index contributed by atoms with van der Waals surface area (Å²) < 4.78 is 0. The molecule has 1 amide bonds. The van der Waals surface area contributed by atoms with Crippen LogP contribution in [0.1, 0.15) is 31.4 Å². The van der Waals surface area contributed by atoms with Crippen LogP contribution in [0.15, 0.2) is 90.5 Å². The van der Waals surface area contributed by atoms with E-state index in [1.807, 2.05) is 6.92 Å². The number of benzene rings is 4. The average molecular weight is 377 g/mol. The smallest absolute Gasteiger partial charge is 0.247 e. The number of hydrogen-bond donors (Lipinski definition) is 1. The number of nitrogens with one attached hydrogen (secondary N) is 1. The Bertz CT molecular complexity index is 1290. The third-order valence-electron chi connectivity index (χ3n) is 6.21. The van der Waals surface area contributed by atoms with E-state index in [2.05, 4.69) is 97.2 Å². The van der Waals surface area contributed by atoms with Gasteiger partial charge in [0.25, 0.3) is 0 Å². The number of fused-ring (bicyclic) bond motifs is 2. The lowest BCUT2D eigenvalue weighted by Crippen LogP contribution is -2.47. The van der Waals surface area contributed by atoms with Gasteiger partial charge < -0.3 is 5.32 Å². The first kappa shape index (κ1) is 17.7. The van der Waals surface area contributed by atoms with Gasteiger partial charge in [-0.05, 0) is 58.2 Å². The summed E-state index contributed by atoms with van der Waals surface area (Å²) in [4.78, 5) is 13.0. The Morgan fingerprint density at radius 3 is 2.31 bits per heavy atom. The van der Waals surface area contributed by atoms with Crippen LogP contribution in [-0.2, 0) is 10.3 Å². The summed E-state index contributed by atoms with van der Waals surface area (Å²) in [6, 6.07) is 29.6. The molecule has 1 N–H and O–H groups in total. The summed E-state index contributed by atoms with van der Waals surface area (Å²) in [6.45, 7) is 4.07. The number of amides is 1. The highest BCUT2D eigenvalue weighted by Crippen LogP contribution is 2.40. The largest absolute Gasteiger partial charge is 0.343 e. The van der Waals surface area contributed by atoms with Gasteiger partial charge in [-0.2, -0.15) is 0 Å². The van der Waals surface area contributed by atoms with E-state index in [4.69, 9.17) is 0 Å². The van der Waals surface area contributed by atoms with Gasteiger partial charge in [-0.15, -0.1) is 0 Å². The zero-order valence-corrected chi connectivity index (χ0v) is 16.7. The van der Waals surface area contributed by atoms with Gasteiger partial charge in [0.1, 0.15) is 0 Å². The first-order valence-electron chi connectivity index (χ1n) is 10.0. The zero-order valence-electron chi connectivity index (χ0n) is 16.7. The summed E-state index contributed by atoms with van der Waals surface area (Å²) in [5.41, 5.74) is 3.77. The monoisotopic (exact) mass is 377 g/mol. The van der Waals surface area contributed by atoms with Gasteiger partial charge >= 0.3 is 0 Å². The number of hydrogen-bond acceptors (Lipinski definition) is 1. The molecule has 1 unspecified atom stereocenters. The number of carbonyl (C=O) groups is 1. The van der Waals surface area contributed by atoms with Gasteiger partial charge in [-0.3, -0.25) is 4.79 Å². The van der Waals surface area contributed by atoms with Crippen LogP contribution in [0.3, 0.4) is 0 Å². The van der Waals surface area contributed by atoms with Crippen molar-refractivity contribution in [3.05, 3.63) is 102 Å². The molecule has 2 nitrogen and oxygen atoms in total. The lowest BCUT2D eigenvalue weighted by Gasteiger charge is -2.37. The van der Waals surface area contributed by atoms with Crippen molar-refractivity contribution in [3.63, 3.8) is 0 Å². The highest BCUT2D eigenvalue weighted by atomic mass is 16.1. The molecule has 1 heterocycles. The van der Waals surface area contributed by atoms with Gasteiger partial charge in [0.2, 0.25) is 5.91 Å². The molecule has 29 heavy (non-hydrogen) atoms. The third-order valence-corrected chi connectivity index (χ3v) is 6.21. The third kappa shape index (κ3) is 2.92. The Balaban J connectivity index is 1.65. The van der Waals surface area contributed by atoms with E-state index >= 15 is 0 Å². The fourth-order valence-electron chi connectivity index (χ4n) is 4.50. The molecular weight excluding hydrogens is 354 g/mol. The van der Waals surface area contributed by atoms with Crippen molar-refractivity contribution in [2.24, 2.45) is 0 Å². The maximum absolute atomic E-state index is 13.0. The van der Waals surface area contributed by atoms with Crippen molar-refractivity contribution in [3.8, 4) is 0 Å². The normalized spacial score (nSPS) is 19.6. The predicted molar refractivity (Wildman–Crippen MR) is 121 cm³/mol. The van der Waals surface area contributed by atoms with Crippen LogP contribution in [0.2, 0.25) is 0 Å². The molecule has 1 atom stereocenters. The zero-order chi connectivity index (χ0) is 20.0. The topological polar surface area (TPSA) is 29.1 Å². The molecule has 0 fully saturated rings. The summed E-state index contributed by atoms with van der Waals surface area (Å²) in [7, 11) is 0. The van der Waals surface area contributed by atoms with Crippen LogP contribution >= 0.6 is 0 Å². The van der Waals surface area contributed by atoms with Gasteiger partial charge in [-0.1, -0.05) is 78.9 Å². The van der Waals surface area contributed by atoms with E-state index in [9.17, 15) is 4.79 Å². The maximum Gasteiger partial charge on any atom is 0.247 e. The summed E-state index contributed by atoms with van der Waals surface area (Å²) in [5.74, 6) is 0.00911. The van der Waals surface area contributed by atoms with Gasteiger partial charge in [-0.25, -0.2) is 0 Å². The average Bonchev–Trinajstić information content (AvgIpc) is 2.75. The molecule has 0 saturated carbocycles. The molecule has 0 radical (unpaired) electrons. The minimum absolute atomic E-state index is 0.00911. The highest BCUT2D eigenvalue weighted by Gasteiger charge is 2.36. The van der Waals surface area contributed by atoms with Crippen molar-refractivity contribution in [2.45, 2.75) is 25.8 Å². The fraction of sp³-hybridized carbons (Fsp3) is 0.148. The fourth-order valence-corrected chi connectivity index (χ4v) is 4.50. The van der Waals surface area contributed by atoms with Crippen molar-refractivity contribution in [2.75, 3.05) is 0 Å². The number of carbonyl (C=O) groups excluding carboxylic acids is 1. The van der Waals surface area contributed by atoms with Crippen molar-refractivity contribution in [1.29, 1.82) is 0 Å². The summed E-state index contributed by atoms with van der Waals surface area (Å²) >= 11 is 0. The van der Waals surface area contributed by atoms with Gasteiger partial charge in [0.05, 0.1) is 5.54 Å². The minimum Gasteiger partial charge on any atom is -0.343 e. The lowest BCUT2D eigenvalue weighted by molar-refractivity contribution is -0.119. The van der Waals surface area contributed by atoms with Crippen LogP contribution < -0.4 is 5.32 Å². The van der Waals surface area contributed by atoms with Crippen LogP contribution in [0.4, 0.5) is 0 Å². The standard InChI is InChI=1S/C27H23NO/c1-18-25(24-13-7-11-20-9-5-6-12-23(20)24)17-27(2,28-26(18)29)22-15-14-19-8-3-4-10-21(19)16-22/h3-16H,17H2,1-2H3,(H,28,29). The second-order valence-corrected chi connectivity index (χ2v) is 8.16. The van der Waals surface area contributed by atoms with E-state index in [0.717, 1.165) is 28.7 Å². The highest BCUT2D eigenvalue weighted by molar-refractivity contribution is 6.06. The maximum atomic E-state index is 13.0. The molecular formula is C27H23NO. The molecule has 0 saturated heterocycles. The SMILES string of the molecule is CC1=C(c2cccc3ccccc23)CC(C)(c2ccc3ccccc3c2)NC1=O. The van der Waals surface area contributed by atoms with Crippen molar-refractivity contribution >= 4 is 33.0 Å². The second kappa shape index (κ2) is 6.59. The number of rotatable bonds is 2. The molecule has 4 aromatic carbocycles. The molecule has 5 rings (SSSR count). The Morgan fingerprint density at radius 1 is 0.793 bits per heavy atom. The second-order valence-electron chi connectivity index (χ2n) is 8.16. The van der Waals surface area contributed by atoms with Crippen LogP contribution in [0.25, 0.3) is 27.1 Å². The summed E-state index contributed by atoms with van der Waals surface area (Å²) in [6.07, 6.45) is 0.761. The minimum atomic E-state index is -0.451. The van der Waals surface area contributed by atoms with E-state index in [0.29, 0.717) is 0 Å². The van der Waals surface area contributed by atoms with Gasteiger partial charge in [0, 0.05) is 12.0 Å². The first-order valence-corrected chi connectivity index (χ1v) is 10.0. The molecule has 0 aromatic heterocycles. The Labute approximate surface area is 170 Å².